The third-order valence-corrected chi connectivity index (χ3v) is 8.47. The lowest BCUT2D eigenvalue weighted by Gasteiger charge is -2.52. The molecule has 1 spiro atoms. The van der Waals surface area contributed by atoms with E-state index < -0.39 is 30.7 Å². The maximum absolute atomic E-state index is 13.9. The Hall–Kier alpha value is -1.46. The molecule has 2 bridgehead atoms. The van der Waals surface area contributed by atoms with Crippen LogP contribution < -0.4 is 0 Å². The Morgan fingerprint density at radius 1 is 1.17 bits per heavy atom. The number of hydrogen-bond donors (Lipinski definition) is 0. The molecule has 1 heterocycles. The Labute approximate surface area is 182 Å². The molecular weight excluding hydrogens is 392 g/mol. The number of Topliss-reactive ketones (excluding diaryl/α,β-unsaturated/α-hetero) is 2. The fraction of sp³-hybridized carbons (Fsp3) is 0.680. The van der Waals surface area contributed by atoms with E-state index in [0.717, 1.165) is 6.42 Å². The molecule has 4 nitrogen and oxygen atoms in total. The SMILES string of the molecule is C=CCC1=C2O[C@H](C(C)(C)O[Si](C)(C)C)C[C@@]23C[C@H](CC=C)C(C)(C)[C@@H](C1=O)C3=O. The van der Waals surface area contributed by atoms with Gasteiger partial charge < -0.3 is 9.16 Å². The van der Waals surface area contributed by atoms with Gasteiger partial charge in [-0.15, -0.1) is 13.2 Å². The Balaban J connectivity index is 2.14. The summed E-state index contributed by atoms with van der Waals surface area (Å²) in [5, 5.41) is 0. The first-order valence-corrected chi connectivity index (χ1v) is 14.5. The highest BCUT2D eigenvalue weighted by molar-refractivity contribution is 6.69. The van der Waals surface area contributed by atoms with Crippen LogP contribution in [0.4, 0.5) is 0 Å². The minimum atomic E-state index is -1.83. The maximum atomic E-state index is 13.9. The van der Waals surface area contributed by atoms with Crippen LogP contribution in [-0.4, -0.2) is 31.6 Å². The van der Waals surface area contributed by atoms with Crippen molar-refractivity contribution in [1.82, 2.24) is 0 Å². The highest BCUT2D eigenvalue weighted by Crippen LogP contribution is 2.63. The van der Waals surface area contributed by atoms with Crippen LogP contribution >= 0.6 is 0 Å². The van der Waals surface area contributed by atoms with Crippen LogP contribution in [0.5, 0.6) is 0 Å². The fourth-order valence-electron chi connectivity index (χ4n) is 6.00. The Bertz CT molecular complexity index is 813. The van der Waals surface area contributed by atoms with Crippen molar-refractivity contribution in [2.75, 3.05) is 0 Å². The van der Waals surface area contributed by atoms with E-state index in [1.165, 1.54) is 0 Å². The largest absolute Gasteiger partial charge is 0.490 e. The minimum absolute atomic E-state index is 0.0481. The van der Waals surface area contributed by atoms with Crippen LogP contribution in [0.1, 0.15) is 53.4 Å². The Morgan fingerprint density at radius 3 is 2.33 bits per heavy atom. The second kappa shape index (κ2) is 7.30. The third-order valence-electron chi connectivity index (χ3n) is 7.33. The van der Waals surface area contributed by atoms with Gasteiger partial charge in [-0.3, -0.25) is 9.59 Å². The van der Waals surface area contributed by atoms with Crippen molar-refractivity contribution in [3.8, 4) is 0 Å². The zero-order chi connectivity index (χ0) is 22.7. The molecule has 1 saturated heterocycles. The normalized spacial score (nSPS) is 33.2. The molecule has 1 aliphatic heterocycles. The van der Waals surface area contributed by atoms with Gasteiger partial charge in [0.15, 0.2) is 19.9 Å². The topological polar surface area (TPSA) is 52.6 Å². The van der Waals surface area contributed by atoms with Gasteiger partial charge in [0.05, 0.1) is 16.9 Å². The van der Waals surface area contributed by atoms with Gasteiger partial charge in [0.1, 0.15) is 11.9 Å². The molecule has 30 heavy (non-hydrogen) atoms. The van der Waals surface area contributed by atoms with Crippen LogP contribution in [-0.2, 0) is 18.8 Å². The highest BCUT2D eigenvalue weighted by atomic mass is 28.4. The second-order valence-electron chi connectivity index (χ2n) is 11.4. The first-order chi connectivity index (χ1) is 13.7. The van der Waals surface area contributed by atoms with Crippen LogP contribution in [0.15, 0.2) is 36.6 Å². The molecule has 1 saturated carbocycles. The van der Waals surface area contributed by atoms with E-state index in [0.29, 0.717) is 30.6 Å². The summed E-state index contributed by atoms with van der Waals surface area (Å²) in [6, 6.07) is 0. The van der Waals surface area contributed by atoms with Crippen LogP contribution in [0.3, 0.4) is 0 Å². The lowest BCUT2D eigenvalue weighted by Crippen LogP contribution is -2.58. The molecule has 2 aliphatic carbocycles. The van der Waals surface area contributed by atoms with Gasteiger partial charge in [-0.1, -0.05) is 26.0 Å². The van der Waals surface area contributed by atoms with Crippen LogP contribution in [0.25, 0.3) is 0 Å². The van der Waals surface area contributed by atoms with Crippen molar-refractivity contribution in [1.29, 1.82) is 0 Å². The van der Waals surface area contributed by atoms with E-state index in [1.807, 2.05) is 6.08 Å². The minimum Gasteiger partial charge on any atom is -0.490 e. The number of ketones is 2. The van der Waals surface area contributed by atoms with E-state index in [9.17, 15) is 9.59 Å². The van der Waals surface area contributed by atoms with Gasteiger partial charge in [0.25, 0.3) is 0 Å². The lowest BCUT2D eigenvalue weighted by atomic mass is 9.48. The summed E-state index contributed by atoms with van der Waals surface area (Å²) in [6.45, 7) is 22.5. The van der Waals surface area contributed by atoms with Crippen molar-refractivity contribution >= 4 is 19.9 Å². The monoisotopic (exact) mass is 430 g/mol. The van der Waals surface area contributed by atoms with Crippen molar-refractivity contribution in [2.24, 2.45) is 22.7 Å². The van der Waals surface area contributed by atoms with E-state index >= 15 is 0 Å². The maximum Gasteiger partial charge on any atom is 0.184 e. The molecule has 0 aromatic carbocycles. The van der Waals surface area contributed by atoms with Gasteiger partial charge in [0.2, 0.25) is 0 Å². The zero-order valence-electron chi connectivity index (χ0n) is 19.8. The van der Waals surface area contributed by atoms with Crippen molar-refractivity contribution < 1.29 is 18.8 Å². The number of carbonyl (C=O) groups excluding carboxylic acids is 2. The molecule has 0 N–H and O–H groups in total. The molecule has 0 aromatic rings. The Morgan fingerprint density at radius 2 is 1.80 bits per heavy atom. The highest BCUT2D eigenvalue weighted by Gasteiger charge is 2.68. The number of carbonyl (C=O) groups is 2. The molecule has 3 rings (SSSR count). The van der Waals surface area contributed by atoms with Crippen molar-refractivity contribution in [2.45, 2.75) is 84.7 Å². The van der Waals surface area contributed by atoms with Gasteiger partial charge >= 0.3 is 0 Å². The molecule has 166 valence electrons. The Kier molecular flexibility index (Phi) is 5.65. The molecule has 0 aromatic heterocycles. The standard InChI is InChI=1S/C25H38O4Si/c1-10-12-16-14-25-15-18(24(5,6)29-30(7,8)9)28-22(25)17(13-11-2)20(26)19(21(25)27)23(16,3)4/h10-11,16,18-19H,1-2,12-15H2,3-9H3/t16-,18-,19-,25+/m0/s1. The molecule has 2 fully saturated rings. The van der Waals surface area contributed by atoms with Crippen molar-refractivity contribution in [3.05, 3.63) is 36.6 Å². The molecular formula is C25H38O4Si. The second-order valence-corrected chi connectivity index (χ2v) is 15.8. The van der Waals surface area contributed by atoms with Crippen molar-refractivity contribution in [3.63, 3.8) is 0 Å². The summed E-state index contributed by atoms with van der Waals surface area (Å²) < 4.78 is 13.0. The molecule has 5 heteroatoms. The van der Waals surface area contributed by atoms with Gasteiger partial charge in [-0.25, -0.2) is 0 Å². The quantitative estimate of drug-likeness (QED) is 0.299. The smallest absolute Gasteiger partial charge is 0.184 e. The number of allylic oxidation sites excluding steroid dienone is 4. The molecule has 4 atom stereocenters. The number of rotatable bonds is 7. The lowest BCUT2D eigenvalue weighted by molar-refractivity contribution is -0.153. The third kappa shape index (κ3) is 3.48. The molecule has 0 radical (unpaired) electrons. The summed E-state index contributed by atoms with van der Waals surface area (Å²) in [4.78, 5) is 27.4. The van der Waals surface area contributed by atoms with Crippen LogP contribution in [0, 0.1) is 22.7 Å². The van der Waals surface area contributed by atoms with Crippen LogP contribution in [0.2, 0.25) is 19.6 Å². The first kappa shape index (κ1) is 23.2. The van der Waals surface area contributed by atoms with Gasteiger partial charge in [-0.2, -0.15) is 0 Å². The fourth-order valence-corrected chi connectivity index (χ4v) is 7.71. The molecule has 0 unspecified atom stereocenters. The van der Waals surface area contributed by atoms with E-state index in [2.05, 4.69) is 60.5 Å². The van der Waals surface area contributed by atoms with E-state index in [-0.39, 0.29) is 23.6 Å². The van der Waals surface area contributed by atoms with Gasteiger partial charge in [0, 0.05) is 12.0 Å². The summed E-state index contributed by atoms with van der Waals surface area (Å²) >= 11 is 0. The average Bonchev–Trinajstić information content (AvgIpc) is 2.97. The summed E-state index contributed by atoms with van der Waals surface area (Å²) in [5.74, 6) is 0.153. The van der Waals surface area contributed by atoms with E-state index in [4.69, 9.17) is 9.16 Å². The summed E-state index contributed by atoms with van der Waals surface area (Å²) in [7, 11) is -1.83. The average molecular weight is 431 g/mol. The number of fused-ring (bicyclic) bond motifs is 1. The van der Waals surface area contributed by atoms with E-state index in [1.54, 1.807) is 6.08 Å². The predicted molar refractivity (Wildman–Crippen MR) is 122 cm³/mol. The van der Waals surface area contributed by atoms with Gasteiger partial charge in [-0.05, 0) is 64.1 Å². The molecule has 3 aliphatic rings. The summed E-state index contributed by atoms with van der Waals surface area (Å²) in [5.41, 5.74) is -1.03. The first-order valence-electron chi connectivity index (χ1n) is 11.1. The summed E-state index contributed by atoms with van der Waals surface area (Å²) in [6.07, 6.45) is 5.89. The molecule has 0 amide bonds. The zero-order valence-corrected chi connectivity index (χ0v) is 20.8. The predicted octanol–water partition coefficient (Wildman–Crippen LogP) is 5.61. The number of hydrogen-bond acceptors (Lipinski definition) is 4. The number of ether oxygens (including phenoxy) is 1.